The van der Waals surface area contributed by atoms with E-state index in [1.54, 1.807) is 11.9 Å². The van der Waals surface area contributed by atoms with Crippen molar-refractivity contribution >= 4 is 5.91 Å². The van der Waals surface area contributed by atoms with Crippen molar-refractivity contribution in [3.63, 3.8) is 0 Å². The zero-order chi connectivity index (χ0) is 12.3. The Balaban J connectivity index is 2.90. The molecule has 0 aromatic heterocycles. The van der Waals surface area contributed by atoms with Crippen LogP contribution in [0, 0.1) is 5.82 Å². The van der Waals surface area contributed by atoms with Gasteiger partial charge in [-0.3, -0.25) is 4.79 Å². The molecule has 0 aliphatic heterocycles. The SMILES string of the molecule is CCC(C)(C)N(C)C(=O)c1ccc(F)cc1. The molecule has 0 saturated heterocycles. The van der Waals surface area contributed by atoms with E-state index in [9.17, 15) is 9.18 Å². The Bertz CT molecular complexity index is 370. The molecular formula is C13H18FNO. The molecule has 0 heterocycles. The van der Waals surface area contributed by atoms with Gasteiger partial charge in [-0.2, -0.15) is 0 Å². The fourth-order valence-electron chi connectivity index (χ4n) is 1.30. The number of benzene rings is 1. The summed E-state index contributed by atoms with van der Waals surface area (Å²) in [6.45, 7) is 6.05. The summed E-state index contributed by atoms with van der Waals surface area (Å²) in [5, 5.41) is 0. The van der Waals surface area contributed by atoms with E-state index in [2.05, 4.69) is 0 Å². The number of rotatable bonds is 3. The van der Waals surface area contributed by atoms with Gasteiger partial charge in [0.15, 0.2) is 0 Å². The average molecular weight is 223 g/mol. The molecule has 88 valence electrons. The lowest BCUT2D eigenvalue weighted by atomic mass is 9.99. The van der Waals surface area contributed by atoms with Gasteiger partial charge in [-0.05, 0) is 44.5 Å². The van der Waals surface area contributed by atoms with Crippen LogP contribution in [0.25, 0.3) is 0 Å². The van der Waals surface area contributed by atoms with Gasteiger partial charge in [0.25, 0.3) is 5.91 Å². The van der Waals surface area contributed by atoms with E-state index >= 15 is 0 Å². The van der Waals surface area contributed by atoms with Crippen molar-refractivity contribution in [1.82, 2.24) is 4.90 Å². The fourth-order valence-corrected chi connectivity index (χ4v) is 1.30. The van der Waals surface area contributed by atoms with E-state index < -0.39 is 0 Å². The molecule has 0 radical (unpaired) electrons. The topological polar surface area (TPSA) is 20.3 Å². The first-order valence-corrected chi connectivity index (χ1v) is 5.42. The number of carbonyl (C=O) groups excluding carboxylic acids is 1. The van der Waals surface area contributed by atoms with Gasteiger partial charge in [-0.15, -0.1) is 0 Å². The quantitative estimate of drug-likeness (QED) is 0.771. The number of halogens is 1. The van der Waals surface area contributed by atoms with E-state index in [-0.39, 0.29) is 17.3 Å². The second-order valence-electron chi connectivity index (χ2n) is 4.54. The lowest BCUT2D eigenvalue weighted by molar-refractivity contribution is 0.0620. The highest BCUT2D eigenvalue weighted by Crippen LogP contribution is 2.19. The van der Waals surface area contributed by atoms with Gasteiger partial charge in [-0.1, -0.05) is 6.92 Å². The van der Waals surface area contributed by atoms with E-state index in [1.807, 2.05) is 20.8 Å². The summed E-state index contributed by atoms with van der Waals surface area (Å²) in [7, 11) is 1.77. The van der Waals surface area contributed by atoms with Crippen LogP contribution < -0.4 is 0 Å². The van der Waals surface area contributed by atoms with Crippen LogP contribution in [0.5, 0.6) is 0 Å². The Kier molecular flexibility index (Phi) is 3.68. The van der Waals surface area contributed by atoms with Crippen LogP contribution in [-0.2, 0) is 0 Å². The third kappa shape index (κ3) is 2.60. The molecule has 16 heavy (non-hydrogen) atoms. The second-order valence-corrected chi connectivity index (χ2v) is 4.54. The first kappa shape index (κ1) is 12.7. The van der Waals surface area contributed by atoms with Crippen molar-refractivity contribution < 1.29 is 9.18 Å². The molecule has 0 bridgehead atoms. The summed E-state index contributed by atoms with van der Waals surface area (Å²) in [5.74, 6) is -0.402. The van der Waals surface area contributed by atoms with Crippen LogP contribution in [0.15, 0.2) is 24.3 Å². The molecule has 0 saturated carbocycles. The third-order valence-corrected chi connectivity index (χ3v) is 3.17. The van der Waals surface area contributed by atoms with Crippen molar-refractivity contribution in [2.45, 2.75) is 32.7 Å². The highest BCUT2D eigenvalue weighted by Gasteiger charge is 2.26. The van der Waals surface area contributed by atoms with Crippen molar-refractivity contribution in [2.75, 3.05) is 7.05 Å². The number of amides is 1. The zero-order valence-corrected chi connectivity index (χ0v) is 10.2. The molecule has 0 aliphatic rings. The maximum atomic E-state index is 12.7. The number of carbonyl (C=O) groups is 1. The van der Waals surface area contributed by atoms with Crippen molar-refractivity contribution in [3.05, 3.63) is 35.6 Å². The first-order valence-electron chi connectivity index (χ1n) is 5.42. The molecule has 0 fully saturated rings. The van der Waals surface area contributed by atoms with Crippen LogP contribution >= 0.6 is 0 Å². The van der Waals surface area contributed by atoms with Gasteiger partial charge in [0, 0.05) is 18.2 Å². The molecule has 0 aliphatic carbocycles. The molecule has 0 N–H and O–H groups in total. The number of hydrogen-bond acceptors (Lipinski definition) is 1. The number of hydrogen-bond donors (Lipinski definition) is 0. The molecule has 1 aromatic rings. The first-order chi connectivity index (χ1) is 7.38. The lowest BCUT2D eigenvalue weighted by Crippen LogP contribution is -2.44. The van der Waals surface area contributed by atoms with E-state index in [4.69, 9.17) is 0 Å². The molecule has 0 unspecified atom stereocenters. The highest BCUT2D eigenvalue weighted by atomic mass is 19.1. The Labute approximate surface area is 96.1 Å². The summed E-state index contributed by atoms with van der Waals surface area (Å²) in [6, 6.07) is 5.64. The summed E-state index contributed by atoms with van der Waals surface area (Å²) in [5.41, 5.74) is 0.330. The maximum Gasteiger partial charge on any atom is 0.254 e. The molecular weight excluding hydrogens is 205 g/mol. The third-order valence-electron chi connectivity index (χ3n) is 3.17. The van der Waals surface area contributed by atoms with Crippen LogP contribution in [0.1, 0.15) is 37.6 Å². The summed E-state index contributed by atoms with van der Waals surface area (Å²) in [6.07, 6.45) is 0.871. The predicted octanol–water partition coefficient (Wildman–Crippen LogP) is 3.09. The molecule has 3 heteroatoms. The lowest BCUT2D eigenvalue weighted by Gasteiger charge is -2.34. The number of nitrogens with zero attached hydrogens (tertiary/aromatic N) is 1. The van der Waals surface area contributed by atoms with Gasteiger partial charge < -0.3 is 4.90 Å². The average Bonchev–Trinajstić information content (AvgIpc) is 2.28. The Morgan fingerprint density at radius 2 is 1.81 bits per heavy atom. The van der Waals surface area contributed by atoms with Crippen molar-refractivity contribution in [2.24, 2.45) is 0 Å². The second kappa shape index (κ2) is 4.64. The smallest absolute Gasteiger partial charge is 0.254 e. The maximum absolute atomic E-state index is 12.7. The zero-order valence-electron chi connectivity index (χ0n) is 10.2. The summed E-state index contributed by atoms with van der Waals surface area (Å²) >= 11 is 0. The fraction of sp³-hybridized carbons (Fsp3) is 0.462. The monoisotopic (exact) mass is 223 g/mol. The van der Waals surface area contributed by atoms with Gasteiger partial charge in [-0.25, -0.2) is 4.39 Å². The molecule has 1 rings (SSSR count). The van der Waals surface area contributed by atoms with Crippen molar-refractivity contribution in [1.29, 1.82) is 0 Å². The summed E-state index contributed by atoms with van der Waals surface area (Å²) in [4.78, 5) is 13.8. The van der Waals surface area contributed by atoms with E-state index in [0.29, 0.717) is 5.56 Å². The van der Waals surface area contributed by atoms with Gasteiger partial charge in [0.2, 0.25) is 0 Å². The van der Waals surface area contributed by atoms with E-state index in [0.717, 1.165) is 6.42 Å². The standard InChI is InChI=1S/C13H18FNO/c1-5-13(2,3)15(4)12(16)10-6-8-11(14)9-7-10/h6-9H,5H2,1-4H3. The van der Waals surface area contributed by atoms with Crippen LogP contribution in [0.4, 0.5) is 4.39 Å². The van der Waals surface area contributed by atoms with Gasteiger partial charge in [0.05, 0.1) is 0 Å². The predicted molar refractivity (Wildman–Crippen MR) is 62.9 cm³/mol. The minimum absolute atomic E-state index is 0.0770. The van der Waals surface area contributed by atoms with Crippen LogP contribution in [-0.4, -0.2) is 23.4 Å². The normalized spacial score (nSPS) is 11.3. The Hall–Kier alpha value is -1.38. The molecule has 2 nitrogen and oxygen atoms in total. The van der Waals surface area contributed by atoms with E-state index in [1.165, 1.54) is 24.3 Å². The van der Waals surface area contributed by atoms with Crippen LogP contribution in [0.3, 0.4) is 0 Å². The molecule has 0 spiro atoms. The van der Waals surface area contributed by atoms with Gasteiger partial charge in [0.1, 0.15) is 5.82 Å². The minimum Gasteiger partial charge on any atom is -0.337 e. The van der Waals surface area contributed by atoms with Crippen LogP contribution in [0.2, 0.25) is 0 Å². The summed E-state index contributed by atoms with van der Waals surface area (Å²) < 4.78 is 12.7. The Morgan fingerprint density at radius 3 is 2.25 bits per heavy atom. The van der Waals surface area contributed by atoms with Crippen molar-refractivity contribution in [3.8, 4) is 0 Å². The minimum atomic E-state index is -0.325. The highest BCUT2D eigenvalue weighted by molar-refractivity contribution is 5.94. The molecule has 1 aromatic carbocycles. The molecule has 0 atom stereocenters. The Morgan fingerprint density at radius 1 is 1.31 bits per heavy atom. The largest absolute Gasteiger partial charge is 0.337 e. The van der Waals surface area contributed by atoms with Gasteiger partial charge >= 0.3 is 0 Å². The molecule has 1 amide bonds.